The number of sulfonamides is 2. The van der Waals surface area contributed by atoms with E-state index in [4.69, 9.17) is 16.7 Å². The number of halogens is 1. The molecule has 3 rings (SSSR count). The Morgan fingerprint density at radius 1 is 1.03 bits per heavy atom. The lowest BCUT2D eigenvalue weighted by Gasteiger charge is -2.26. The topological polar surface area (TPSA) is 127 Å². The van der Waals surface area contributed by atoms with Crippen molar-refractivity contribution in [1.29, 1.82) is 0 Å². The van der Waals surface area contributed by atoms with Crippen molar-refractivity contribution in [1.82, 2.24) is 9.62 Å². The van der Waals surface area contributed by atoms with E-state index in [9.17, 15) is 21.6 Å². The van der Waals surface area contributed by atoms with Crippen LogP contribution in [-0.2, 0) is 20.0 Å². The molecule has 1 aliphatic rings. The minimum Gasteiger partial charge on any atom is -0.346 e. The molecule has 1 aliphatic heterocycles. The number of primary sulfonamides is 1. The van der Waals surface area contributed by atoms with E-state index in [0.29, 0.717) is 18.7 Å². The molecule has 0 bridgehead atoms. The summed E-state index contributed by atoms with van der Waals surface area (Å²) in [6, 6.07) is 9.52. The zero-order valence-electron chi connectivity index (χ0n) is 16.9. The molecule has 0 unspecified atom stereocenters. The van der Waals surface area contributed by atoms with Crippen LogP contribution in [0.25, 0.3) is 0 Å². The number of hydrogen-bond acceptors (Lipinski definition) is 5. The van der Waals surface area contributed by atoms with Crippen molar-refractivity contribution in [2.45, 2.75) is 42.0 Å². The highest BCUT2D eigenvalue weighted by molar-refractivity contribution is 7.89. The second-order valence-corrected chi connectivity index (χ2v) is 11.3. The van der Waals surface area contributed by atoms with Gasteiger partial charge in [0.2, 0.25) is 20.0 Å². The number of nitrogens with two attached hydrogens (primary N) is 1. The molecule has 2 aromatic rings. The second kappa shape index (κ2) is 9.25. The Hall–Kier alpha value is -1.98. The lowest BCUT2D eigenvalue weighted by Crippen LogP contribution is -2.36. The molecule has 1 atom stereocenters. The van der Waals surface area contributed by atoms with Gasteiger partial charge in [-0.2, -0.15) is 4.31 Å². The number of amides is 1. The average Bonchev–Trinajstić information content (AvgIpc) is 2.74. The van der Waals surface area contributed by atoms with Crippen LogP contribution in [0, 0.1) is 0 Å². The van der Waals surface area contributed by atoms with Gasteiger partial charge in [-0.1, -0.05) is 30.2 Å². The van der Waals surface area contributed by atoms with E-state index >= 15 is 0 Å². The highest BCUT2D eigenvalue weighted by atomic mass is 35.5. The number of benzene rings is 2. The van der Waals surface area contributed by atoms with Gasteiger partial charge in [0.15, 0.2) is 0 Å². The maximum atomic E-state index is 13.0. The van der Waals surface area contributed by atoms with Crippen LogP contribution in [0.3, 0.4) is 0 Å². The zero-order valence-corrected chi connectivity index (χ0v) is 19.3. The van der Waals surface area contributed by atoms with Crippen molar-refractivity contribution in [3.05, 3.63) is 58.6 Å². The van der Waals surface area contributed by atoms with E-state index in [2.05, 4.69) is 5.32 Å². The Bertz CT molecular complexity index is 1180. The summed E-state index contributed by atoms with van der Waals surface area (Å²) in [5.41, 5.74) is 0.823. The van der Waals surface area contributed by atoms with Gasteiger partial charge in [0, 0.05) is 18.7 Å². The van der Waals surface area contributed by atoms with Gasteiger partial charge in [-0.25, -0.2) is 22.0 Å². The highest BCUT2D eigenvalue weighted by Crippen LogP contribution is 2.28. The molecule has 2 aromatic carbocycles. The molecule has 0 spiro atoms. The van der Waals surface area contributed by atoms with Gasteiger partial charge in [0.05, 0.1) is 16.0 Å². The first-order valence-corrected chi connectivity index (χ1v) is 13.1. The third kappa shape index (κ3) is 5.45. The largest absolute Gasteiger partial charge is 0.346 e. The summed E-state index contributed by atoms with van der Waals surface area (Å²) < 4.78 is 50.1. The summed E-state index contributed by atoms with van der Waals surface area (Å²) in [5, 5.41) is 7.93. The lowest BCUT2D eigenvalue weighted by atomic mass is 10.1. The number of rotatable bonds is 6. The minimum absolute atomic E-state index is 0.0277. The monoisotopic (exact) mass is 485 g/mol. The Labute approximate surface area is 187 Å². The second-order valence-electron chi connectivity index (χ2n) is 7.42. The van der Waals surface area contributed by atoms with Crippen LogP contribution in [0.2, 0.25) is 5.02 Å². The van der Waals surface area contributed by atoms with Gasteiger partial charge in [0.1, 0.15) is 4.90 Å². The first-order chi connectivity index (χ1) is 14.5. The fourth-order valence-corrected chi connectivity index (χ4v) is 5.93. The van der Waals surface area contributed by atoms with Crippen molar-refractivity contribution in [2.24, 2.45) is 5.14 Å². The molecular formula is C20H24ClN3O5S2. The molecule has 11 heteroatoms. The zero-order chi connectivity index (χ0) is 22.8. The first-order valence-electron chi connectivity index (χ1n) is 9.73. The number of piperidine rings is 1. The summed E-state index contributed by atoms with van der Waals surface area (Å²) in [7, 11) is -7.60. The smallest absolute Gasteiger partial charge is 0.251 e. The minimum atomic E-state index is -3.80. The van der Waals surface area contributed by atoms with Gasteiger partial charge in [-0.3, -0.25) is 4.79 Å². The number of carbonyl (C=O) groups excluding carboxylic acids is 1. The lowest BCUT2D eigenvalue weighted by molar-refractivity contribution is 0.0939. The van der Waals surface area contributed by atoms with E-state index in [1.807, 2.05) is 0 Å². The standard InChI is InChI=1S/C20H24ClN3O5S2/c1-14(15-5-8-17(9-6-15)30(22,26)27)23-20(25)16-7-10-18(21)19(13-16)31(28,29)24-11-3-2-4-12-24/h5-10,13-14H,2-4,11-12H2,1H3,(H,23,25)(H2,22,26,27)/t14-/m1/s1. The molecule has 168 valence electrons. The molecule has 0 saturated carbocycles. The first kappa shape index (κ1) is 23.7. The number of nitrogens with one attached hydrogen (secondary N) is 1. The van der Waals surface area contributed by atoms with Crippen LogP contribution in [0.4, 0.5) is 0 Å². The van der Waals surface area contributed by atoms with Gasteiger partial charge in [-0.15, -0.1) is 0 Å². The van der Waals surface area contributed by atoms with Crippen LogP contribution >= 0.6 is 11.6 Å². The summed E-state index contributed by atoms with van der Waals surface area (Å²) in [5.74, 6) is -0.477. The van der Waals surface area contributed by atoms with Crippen molar-refractivity contribution >= 4 is 37.6 Å². The van der Waals surface area contributed by atoms with Crippen molar-refractivity contribution < 1.29 is 21.6 Å². The van der Waals surface area contributed by atoms with Crippen LogP contribution in [0.1, 0.15) is 48.1 Å². The molecule has 1 amide bonds. The normalized spacial score (nSPS) is 16.6. The number of nitrogens with zero attached hydrogens (tertiary/aromatic N) is 1. The number of hydrogen-bond donors (Lipinski definition) is 2. The summed E-state index contributed by atoms with van der Waals surface area (Å²) in [4.78, 5) is 12.6. The van der Waals surface area contributed by atoms with Gasteiger partial charge < -0.3 is 5.32 Å². The Balaban J connectivity index is 1.80. The Morgan fingerprint density at radius 3 is 2.23 bits per heavy atom. The predicted octanol–water partition coefficient (Wildman–Crippen LogP) is 2.65. The molecule has 0 aromatic heterocycles. The number of carbonyl (C=O) groups is 1. The van der Waals surface area contributed by atoms with Crippen LogP contribution in [-0.4, -0.2) is 40.1 Å². The summed E-state index contributed by atoms with van der Waals surface area (Å²) >= 11 is 6.16. The fraction of sp³-hybridized carbons (Fsp3) is 0.350. The third-order valence-electron chi connectivity index (χ3n) is 5.18. The molecular weight excluding hydrogens is 462 g/mol. The van der Waals surface area contributed by atoms with Crippen LogP contribution in [0.15, 0.2) is 52.3 Å². The molecule has 0 radical (unpaired) electrons. The fourth-order valence-electron chi connectivity index (χ4n) is 3.40. The summed E-state index contributed by atoms with van der Waals surface area (Å²) in [6.45, 7) is 2.59. The molecule has 1 heterocycles. The van der Waals surface area contributed by atoms with E-state index in [1.54, 1.807) is 19.1 Å². The molecule has 0 aliphatic carbocycles. The maximum Gasteiger partial charge on any atom is 0.251 e. The van der Waals surface area contributed by atoms with Gasteiger partial charge >= 0.3 is 0 Å². The molecule has 8 nitrogen and oxygen atoms in total. The van der Waals surface area contributed by atoms with Gasteiger partial charge in [-0.05, 0) is 55.7 Å². The SMILES string of the molecule is C[C@@H](NC(=O)c1ccc(Cl)c(S(=O)(=O)N2CCCCC2)c1)c1ccc(S(N)(=O)=O)cc1. The predicted molar refractivity (Wildman–Crippen MR) is 118 cm³/mol. The average molecular weight is 486 g/mol. The molecule has 1 fully saturated rings. The maximum absolute atomic E-state index is 13.0. The van der Waals surface area contributed by atoms with Crippen LogP contribution < -0.4 is 10.5 Å². The van der Waals surface area contributed by atoms with Crippen LogP contribution in [0.5, 0.6) is 0 Å². The molecule has 31 heavy (non-hydrogen) atoms. The van der Waals surface area contributed by atoms with E-state index in [-0.39, 0.29) is 20.4 Å². The van der Waals surface area contributed by atoms with E-state index in [1.165, 1.54) is 34.6 Å². The Morgan fingerprint density at radius 2 is 1.65 bits per heavy atom. The van der Waals surface area contributed by atoms with Crippen molar-refractivity contribution in [3.8, 4) is 0 Å². The third-order valence-corrected chi connectivity index (χ3v) is 8.49. The summed E-state index contributed by atoms with van der Waals surface area (Å²) in [6.07, 6.45) is 2.57. The van der Waals surface area contributed by atoms with Crippen molar-refractivity contribution in [2.75, 3.05) is 13.1 Å². The highest BCUT2D eigenvalue weighted by Gasteiger charge is 2.29. The molecule has 1 saturated heterocycles. The van der Waals surface area contributed by atoms with Gasteiger partial charge in [0.25, 0.3) is 5.91 Å². The quantitative estimate of drug-likeness (QED) is 0.650. The Kier molecular flexibility index (Phi) is 7.07. The van der Waals surface area contributed by atoms with Crippen molar-refractivity contribution in [3.63, 3.8) is 0 Å². The molecule has 3 N–H and O–H groups in total. The van der Waals surface area contributed by atoms with E-state index in [0.717, 1.165) is 19.3 Å². The van der Waals surface area contributed by atoms with E-state index < -0.39 is 32.0 Å².